The van der Waals surface area contributed by atoms with E-state index in [4.69, 9.17) is 5.11 Å². The standard InChI is InChI=1S/C7H11N3O2/c1-4(11)5-3-6(10-9-5)7(12)8-2/h3-4,11H,1-2H3,(H,8,12)(H,9,10). The zero-order valence-electron chi connectivity index (χ0n) is 6.96. The van der Waals surface area contributed by atoms with Gasteiger partial charge in [0.25, 0.3) is 5.91 Å². The van der Waals surface area contributed by atoms with E-state index in [0.29, 0.717) is 5.69 Å². The lowest BCUT2D eigenvalue weighted by Gasteiger charge is -1.95. The molecular weight excluding hydrogens is 158 g/mol. The number of aromatic nitrogens is 2. The summed E-state index contributed by atoms with van der Waals surface area (Å²) in [6, 6.07) is 1.52. The third-order valence-corrected chi connectivity index (χ3v) is 1.51. The van der Waals surface area contributed by atoms with Crippen molar-refractivity contribution in [1.29, 1.82) is 0 Å². The van der Waals surface area contributed by atoms with Crippen molar-refractivity contribution in [1.82, 2.24) is 15.5 Å². The number of carbonyl (C=O) groups excluding carboxylic acids is 1. The first-order chi connectivity index (χ1) is 5.65. The SMILES string of the molecule is CNC(=O)c1cc(C(C)O)[nH]n1. The van der Waals surface area contributed by atoms with Crippen molar-refractivity contribution in [2.75, 3.05) is 7.05 Å². The Hall–Kier alpha value is -1.36. The van der Waals surface area contributed by atoms with Crippen LogP contribution < -0.4 is 5.32 Å². The number of aromatic amines is 1. The quantitative estimate of drug-likeness (QED) is 0.574. The second kappa shape index (κ2) is 3.36. The lowest BCUT2D eigenvalue weighted by atomic mass is 10.2. The molecule has 0 radical (unpaired) electrons. The zero-order chi connectivity index (χ0) is 9.14. The van der Waals surface area contributed by atoms with Crippen LogP contribution in [0.3, 0.4) is 0 Å². The van der Waals surface area contributed by atoms with Gasteiger partial charge in [0.15, 0.2) is 0 Å². The van der Waals surface area contributed by atoms with Gasteiger partial charge in [-0.15, -0.1) is 0 Å². The number of hydrogen-bond donors (Lipinski definition) is 3. The molecule has 5 heteroatoms. The van der Waals surface area contributed by atoms with Gasteiger partial charge in [-0.3, -0.25) is 9.89 Å². The Labute approximate surface area is 69.8 Å². The third-order valence-electron chi connectivity index (χ3n) is 1.51. The molecule has 0 aliphatic rings. The second-order valence-corrected chi connectivity index (χ2v) is 2.46. The number of nitrogens with zero attached hydrogens (tertiary/aromatic N) is 1. The van der Waals surface area contributed by atoms with Crippen LogP contribution in [0.25, 0.3) is 0 Å². The van der Waals surface area contributed by atoms with Crippen molar-refractivity contribution in [3.63, 3.8) is 0 Å². The smallest absolute Gasteiger partial charge is 0.271 e. The van der Waals surface area contributed by atoms with Gasteiger partial charge in [-0.1, -0.05) is 0 Å². The molecule has 0 aliphatic heterocycles. The minimum absolute atomic E-state index is 0.266. The Balaban J connectivity index is 2.84. The maximum absolute atomic E-state index is 11.0. The van der Waals surface area contributed by atoms with Crippen LogP contribution in [0.4, 0.5) is 0 Å². The summed E-state index contributed by atoms with van der Waals surface area (Å²) in [4.78, 5) is 11.0. The maximum Gasteiger partial charge on any atom is 0.271 e. The molecule has 0 fully saturated rings. The Morgan fingerprint density at radius 1 is 1.83 bits per heavy atom. The van der Waals surface area contributed by atoms with Crippen LogP contribution in [-0.4, -0.2) is 28.3 Å². The summed E-state index contributed by atoms with van der Waals surface area (Å²) in [7, 11) is 1.53. The molecule has 1 aromatic heterocycles. The van der Waals surface area contributed by atoms with Crippen LogP contribution in [0.1, 0.15) is 29.2 Å². The number of aliphatic hydroxyl groups excluding tert-OH is 1. The normalized spacial score (nSPS) is 12.6. The van der Waals surface area contributed by atoms with Crippen molar-refractivity contribution in [3.05, 3.63) is 17.5 Å². The number of hydrogen-bond acceptors (Lipinski definition) is 3. The molecule has 0 aliphatic carbocycles. The lowest BCUT2D eigenvalue weighted by Crippen LogP contribution is -2.18. The van der Waals surface area contributed by atoms with E-state index >= 15 is 0 Å². The Morgan fingerprint density at radius 3 is 2.92 bits per heavy atom. The summed E-state index contributed by atoms with van der Waals surface area (Å²) in [6.45, 7) is 1.60. The highest BCUT2D eigenvalue weighted by atomic mass is 16.3. The van der Waals surface area contributed by atoms with Crippen molar-refractivity contribution in [2.45, 2.75) is 13.0 Å². The van der Waals surface area contributed by atoms with Gasteiger partial charge in [-0.25, -0.2) is 0 Å². The highest BCUT2D eigenvalue weighted by molar-refractivity contribution is 5.92. The second-order valence-electron chi connectivity index (χ2n) is 2.46. The van der Waals surface area contributed by atoms with E-state index in [9.17, 15) is 4.79 Å². The maximum atomic E-state index is 11.0. The topological polar surface area (TPSA) is 78.0 Å². The Kier molecular flexibility index (Phi) is 2.44. The van der Waals surface area contributed by atoms with Gasteiger partial charge in [0.2, 0.25) is 0 Å². The minimum atomic E-state index is -0.629. The molecule has 1 unspecified atom stereocenters. The molecule has 1 atom stereocenters. The molecule has 0 saturated carbocycles. The van der Waals surface area contributed by atoms with E-state index in [1.165, 1.54) is 13.1 Å². The first-order valence-electron chi connectivity index (χ1n) is 3.60. The molecule has 0 bridgehead atoms. The molecule has 0 saturated heterocycles. The Morgan fingerprint density at radius 2 is 2.50 bits per heavy atom. The van der Waals surface area contributed by atoms with E-state index in [1.54, 1.807) is 6.92 Å². The summed E-state index contributed by atoms with van der Waals surface area (Å²) >= 11 is 0. The summed E-state index contributed by atoms with van der Waals surface area (Å²) in [6.07, 6.45) is -0.629. The number of nitrogens with one attached hydrogen (secondary N) is 2. The van der Waals surface area contributed by atoms with Crippen LogP contribution in [-0.2, 0) is 0 Å². The summed E-state index contributed by atoms with van der Waals surface area (Å²) in [5.41, 5.74) is 0.821. The summed E-state index contributed by atoms with van der Waals surface area (Å²) < 4.78 is 0. The number of H-pyrrole nitrogens is 1. The lowest BCUT2D eigenvalue weighted by molar-refractivity contribution is 0.0958. The van der Waals surface area contributed by atoms with E-state index in [1.807, 2.05) is 0 Å². The van der Waals surface area contributed by atoms with E-state index < -0.39 is 6.10 Å². The fourth-order valence-corrected chi connectivity index (χ4v) is 0.795. The number of carbonyl (C=O) groups is 1. The van der Waals surface area contributed by atoms with Gasteiger partial charge in [-0.2, -0.15) is 5.10 Å². The largest absolute Gasteiger partial charge is 0.387 e. The predicted molar refractivity (Wildman–Crippen MR) is 42.6 cm³/mol. The first kappa shape index (κ1) is 8.73. The Bertz CT molecular complexity index is 280. The van der Waals surface area contributed by atoms with E-state index in [2.05, 4.69) is 15.5 Å². The van der Waals surface area contributed by atoms with E-state index in [0.717, 1.165) is 0 Å². The van der Waals surface area contributed by atoms with Gasteiger partial charge >= 0.3 is 0 Å². The molecule has 0 spiro atoms. The van der Waals surface area contributed by atoms with Crippen molar-refractivity contribution in [2.24, 2.45) is 0 Å². The van der Waals surface area contributed by atoms with Crippen LogP contribution >= 0.6 is 0 Å². The number of aliphatic hydroxyl groups is 1. The summed E-state index contributed by atoms with van der Waals surface area (Å²) in [5.74, 6) is -0.266. The molecule has 1 heterocycles. The fourth-order valence-electron chi connectivity index (χ4n) is 0.795. The zero-order valence-corrected chi connectivity index (χ0v) is 6.96. The van der Waals surface area contributed by atoms with Crippen molar-refractivity contribution < 1.29 is 9.90 Å². The van der Waals surface area contributed by atoms with Crippen molar-refractivity contribution in [3.8, 4) is 0 Å². The molecule has 1 aromatic rings. The van der Waals surface area contributed by atoms with Crippen LogP contribution in [0.15, 0.2) is 6.07 Å². The summed E-state index contributed by atoms with van der Waals surface area (Å²) in [5, 5.41) is 17.8. The van der Waals surface area contributed by atoms with Crippen LogP contribution in [0.2, 0.25) is 0 Å². The van der Waals surface area contributed by atoms with E-state index in [-0.39, 0.29) is 11.6 Å². The van der Waals surface area contributed by atoms with Crippen LogP contribution in [0.5, 0.6) is 0 Å². The van der Waals surface area contributed by atoms with Crippen molar-refractivity contribution >= 4 is 5.91 Å². The molecule has 5 nitrogen and oxygen atoms in total. The van der Waals surface area contributed by atoms with Gasteiger partial charge in [0.05, 0.1) is 11.8 Å². The van der Waals surface area contributed by atoms with Gasteiger partial charge < -0.3 is 10.4 Å². The highest BCUT2D eigenvalue weighted by Crippen LogP contribution is 2.08. The molecule has 1 rings (SSSR count). The average Bonchev–Trinajstić information content (AvgIpc) is 2.51. The molecular formula is C7H11N3O2. The minimum Gasteiger partial charge on any atom is -0.387 e. The number of rotatable bonds is 2. The van der Waals surface area contributed by atoms with Gasteiger partial charge in [-0.05, 0) is 13.0 Å². The van der Waals surface area contributed by atoms with Gasteiger partial charge in [0, 0.05) is 7.05 Å². The molecule has 3 N–H and O–H groups in total. The van der Waals surface area contributed by atoms with Gasteiger partial charge in [0.1, 0.15) is 5.69 Å². The predicted octanol–water partition coefficient (Wildman–Crippen LogP) is -0.177. The molecule has 0 aromatic carbocycles. The monoisotopic (exact) mass is 169 g/mol. The first-order valence-corrected chi connectivity index (χ1v) is 3.60. The highest BCUT2D eigenvalue weighted by Gasteiger charge is 2.10. The third kappa shape index (κ3) is 1.62. The molecule has 12 heavy (non-hydrogen) atoms. The average molecular weight is 169 g/mol. The van der Waals surface area contributed by atoms with Crippen LogP contribution in [0, 0.1) is 0 Å². The number of amides is 1. The molecule has 1 amide bonds. The molecule has 66 valence electrons. The fraction of sp³-hybridized carbons (Fsp3) is 0.429.